The maximum atomic E-state index is 10.5. The van der Waals surface area contributed by atoms with Gasteiger partial charge in [-0.25, -0.2) is 4.79 Å². The van der Waals surface area contributed by atoms with Gasteiger partial charge in [0.05, 0.1) is 17.1 Å². The van der Waals surface area contributed by atoms with E-state index in [1.54, 1.807) is 13.0 Å². The van der Waals surface area contributed by atoms with E-state index in [2.05, 4.69) is 4.98 Å². The minimum Gasteiger partial charge on any atom is -0.478 e. The molecule has 64 valence electrons. The summed E-state index contributed by atoms with van der Waals surface area (Å²) in [4.78, 5) is 14.4. The molecule has 0 aliphatic carbocycles. The van der Waals surface area contributed by atoms with Crippen molar-refractivity contribution in [3.63, 3.8) is 0 Å². The summed E-state index contributed by atoms with van der Waals surface area (Å²) in [5.74, 6) is -0.655. The number of pyridine rings is 1. The Labute approximate surface area is 75.0 Å². The zero-order chi connectivity index (χ0) is 9.14. The van der Waals surface area contributed by atoms with Crippen molar-refractivity contribution >= 4 is 17.6 Å². The highest BCUT2D eigenvalue weighted by molar-refractivity contribution is 6.17. The molecule has 4 heteroatoms. The zero-order valence-corrected chi connectivity index (χ0v) is 7.30. The number of rotatable bonds is 2. The van der Waals surface area contributed by atoms with Crippen LogP contribution in [0.15, 0.2) is 12.3 Å². The Kier molecular flexibility index (Phi) is 2.65. The molecule has 0 unspecified atom stereocenters. The van der Waals surface area contributed by atoms with Crippen LogP contribution in [-0.2, 0) is 5.88 Å². The van der Waals surface area contributed by atoms with Crippen molar-refractivity contribution < 1.29 is 9.90 Å². The molecule has 1 heterocycles. The Morgan fingerprint density at radius 1 is 1.75 bits per heavy atom. The Hall–Kier alpha value is -1.09. The van der Waals surface area contributed by atoms with Gasteiger partial charge >= 0.3 is 5.97 Å². The van der Waals surface area contributed by atoms with Crippen LogP contribution in [0.1, 0.15) is 21.6 Å². The normalized spacial score (nSPS) is 9.83. The van der Waals surface area contributed by atoms with E-state index in [0.717, 1.165) is 11.3 Å². The lowest BCUT2D eigenvalue weighted by Crippen LogP contribution is -2.00. The number of halogens is 1. The highest BCUT2D eigenvalue weighted by Crippen LogP contribution is 2.09. The average molecular weight is 186 g/mol. The molecule has 0 spiro atoms. The maximum absolute atomic E-state index is 10.5. The Morgan fingerprint density at radius 2 is 2.42 bits per heavy atom. The van der Waals surface area contributed by atoms with E-state index in [0.29, 0.717) is 5.88 Å². The molecule has 0 amide bonds. The molecule has 0 aromatic carbocycles. The van der Waals surface area contributed by atoms with Gasteiger partial charge in [-0.1, -0.05) is 0 Å². The Morgan fingerprint density at radius 3 is 2.83 bits per heavy atom. The second-order valence-electron chi connectivity index (χ2n) is 2.43. The van der Waals surface area contributed by atoms with Crippen molar-refractivity contribution in [3.05, 3.63) is 29.1 Å². The molecule has 0 saturated carbocycles. The number of hydrogen-bond donors (Lipinski definition) is 1. The maximum Gasteiger partial charge on any atom is 0.337 e. The minimum absolute atomic E-state index is 0.196. The molecule has 1 rings (SSSR count). The number of aryl methyl sites for hydroxylation is 1. The molecule has 1 aromatic heterocycles. The second kappa shape index (κ2) is 3.54. The standard InChI is InChI=1S/C8H8ClNO2/c1-5-2-6(8(11)12)4-10-7(5)3-9/h2,4H,3H2,1H3,(H,11,12). The van der Waals surface area contributed by atoms with Crippen LogP contribution in [0.2, 0.25) is 0 Å². The van der Waals surface area contributed by atoms with Crippen molar-refractivity contribution in [1.29, 1.82) is 0 Å². The first-order valence-electron chi connectivity index (χ1n) is 3.40. The van der Waals surface area contributed by atoms with Gasteiger partial charge in [0.1, 0.15) is 0 Å². The SMILES string of the molecule is Cc1cc(C(=O)O)cnc1CCl. The van der Waals surface area contributed by atoms with Crippen LogP contribution < -0.4 is 0 Å². The topological polar surface area (TPSA) is 50.2 Å². The van der Waals surface area contributed by atoms with Crippen LogP contribution in [0.3, 0.4) is 0 Å². The molecule has 0 fully saturated rings. The van der Waals surface area contributed by atoms with Crippen LogP contribution in [0, 0.1) is 6.92 Å². The van der Waals surface area contributed by atoms with Crippen molar-refractivity contribution in [3.8, 4) is 0 Å². The first-order chi connectivity index (χ1) is 5.65. The molecular weight excluding hydrogens is 178 g/mol. The predicted molar refractivity (Wildman–Crippen MR) is 45.5 cm³/mol. The predicted octanol–water partition coefficient (Wildman–Crippen LogP) is 1.83. The third-order valence-electron chi connectivity index (χ3n) is 1.56. The lowest BCUT2D eigenvalue weighted by Gasteiger charge is -2.00. The molecule has 0 atom stereocenters. The number of carbonyl (C=O) groups is 1. The largest absolute Gasteiger partial charge is 0.478 e. The molecule has 1 aromatic rings. The molecule has 0 aliphatic heterocycles. The van der Waals surface area contributed by atoms with Gasteiger partial charge in [0.25, 0.3) is 0 Å². The van der Waals surface area contributed by atoms with Crippen LogP contribution in [0.5, 0.6) is 0 Å². The summed E-state index contributed by atoms with van der Waals surface area (Å²) in [6.07, 6.45) is 1.31. The summed E-state index contributed by atoms with van der Waals surface area (Å²) in [5, 5.41) is 8.60. The summed E-state index contributed by atoms with van der Waals surface area (Å²) >= 11 is 5.55. The van der Waals surface area contributed by atoms with Gasteiger partial charge in [-0.3, -0.25) is 4.98 Å². The van der Waals surface area contributed by atoms with Gasteiger partial charge in [0.2, 0.25) is 0 Å². The van der Waals surface area contributed by atoms with Crippen molar-refractivity contribution in [2.24, 2.45) is 0 Å². The Balaban J connectivity index is 3.10. The molecule has 12 heavy (non-hydrogen) atoms. The number of aromatic carboxylic acids is 1. The van der Waals surface area contributed by atoms with Crippen molar-refractivity contribution in [2.75, 3.05) is 0 Å². The number of carboxylic acid groups (broad SMARTS) is 1. The third-order valence-corrected chi connectivity index (χ3v) is 1.81. The highest BCUT2D eigenvalue weighted by atomic mass is 35.5. The molecule has 0 saturated heterocycles. The monoisotopic (exact) mass is 185 g/mol. The van der Waals surface area contributed by atoms with Crippen molar-refractivity contribution in [1.82, 2.24) is 4.98 Å². The quantitative estimate of drug-likeness (QED) is 0.716. The van der Waals surface area contributed by atoms with Gasteiger partial charge in [-0.2, -0.15) is 0 Å². The minimum atomic E-state index is -0.966. The number of aromatic nitrogens is 1. The van der Waals surface area contributed by atoms with E-state index in [4.69, 9.17) is 16.7 Å². The fourth-order valence-electron chi connectivity index (χ4n) is 0.860. The molecule has 1 N–H and O–H groups in total. The number of carboxylic acids is 1. The first-order valence-corrected chi connectivity index (χ1v) is 3.93. The third kappa shape index (κ3) is 1.74. The van der Waals surface area contributed by atoms with Crippen LogP contribution in [0.25, 0.3) is 0 Å². The van der Waals surface area contributed by atoms with E-state index in [1.807, 2.05) is 0 Å². The fraction of sp³-hybridized carbons (Fsp3) is 0.250. The Bertz CT molecular complexity index is 312. The lowest BCUT2D eigenvalue weighted by molar-refractivity contribution is 0.0696. The summed E-state index contributed by atoms with van der Waals surface area (Å²) < 4.78 is 0. The molecule has 0 aliphatic rings. The molecule has 3 nitrogen and oxygen atoms in total. The average Bonchev–Trinajstić information content (AvgIpc) is 2.04. The van der Waals surface area contributed by atoms with Crippen LogP contribution in [-0.4, -0.2) is 16.1 Å². The second-order valence-corrected chi connectivity index (χ2v) is 2.69. The van der Waals surface area contributed by atoms with Gasteiger partial charge in [-0.15, -0.1) is 11.6 Å². The summed E-state index contributed by atoms with van der Waals surface area (Å²) in [5.41, 5.74) is 1.73. The van der Waals surface area contributed by atoms with Gasteiger partial charge in [0.15, 0.2) is 0 Å². The van der Waals surface area contributed by atoms with E-state index in [1.165, 1.54) is 6.20 Å². The van der Waals surface area contributed by atoms with Crippen molar-refractivity contribution in [2.45, 2.75) is 12.8 Å². The van der Waals surface area contributed by atoms with E-state index >= 15 is 0 Å². The lowest BCUT2D eigenvalue weighted by atomic mass is 10.2. The summed E-state index contributed by atoms with van der Waals surface area (Å²) in [6.45, 7) is 1.79. The van der Waals surface area contributed by atoms with Crippen LogP contribution in [0.4, 0.5) is 0 Å². The number of nitrogens with zero attached hydrogens (tertiary/aromatic N) is 1. The van der Waals surface area contributed by atoms with E-state index in [-0.39, 0.29) is 5.56 Å². The van der Waals surface area contributed by atoms with E-state index in [9.17, 15) is 4.79 Å². The summed E-state index contributed by atoms with van der Waals surface area (Å²) in [7, 11) is 0. The first kappa shape index (κ1) is 9.00. The number of alkyl halides is 1. The van der Waals surface area contributed by atoms with Crippen LogP contribution >= 0.6 is 11.6 Å². The van der Waals surface area contributed by atoms with E-state index < -0.39 is 5.97 Å². The molecular formula is C8H8ClNO2. The molecule has 0 radical (unpaired) electrons. The summed E-state index contributed by atoms with van der Waals surface area (Å²) in [6, 6.07) is 1.56. The smallest absolute Gasteiger partial charge is 0.337 e. The fourth-order valence-corrected chi connectivity index (χ4v) is 1.14. The molecule has 0 bridgehead atoms. The number of hydrogen-bond acceptors (Lipinski definition) is 2. The highest BCUT2D eigenvalue weighted by Gasteiger charge is 2.05. The van der Waals surface area contributed by atoms with Gasteiger partial charge < -0.3 is 5.11 Å². The zero-order valence-electron chi connectivity index (χ0n) is 6.54. The van der Waals surface area contributed by atoms with Gasteiger partial charge in [0, 0.05) is 6.20 Å². The van der Waals surface area contributed by atoms with Gasteiger partial charge in [-0.05, 0) is 18.6 Å².